The van der Waals surface area contributed by atoms with Crippen molar-refractivity contribution in [3.8, 4) is 5.69 Å². The van der Waals surface area contributed by atoms with Gasteiger partial charge in [-0.3, -0.25) is 4.79 Å². The lowest BCUT2D eigenvalue weighted by Gasteiger charge is -2.40. The third kappa shape index (κ3) is 5.16. The minimum atomic E-state index is -4.52. The summed E-state index contributed by atoms with van der Waals surface area (Å²) in [6.45, 7) is 2.65. The van der Waals surface area contributed by atoms with E-state index >= 15 is 0 Å². The van der Waals surface area contributed by atoms with Gasteiger partial charge in [0, 0.05) is 17.6 Å². The molecule has 7 nitrogen and oxygen atoms in total. The van der Waals surface area contributed by atoms with E-state index in [1.807, 2.05) is 4.90 Å². The Bertz CT molecular complexity index is 1100. The molecular formula is C22H22ClF3N6O. The van der Waals surface area contributed by atoms with E-state index in [4.69, 9.17) is 11.6 Å². The summed E-state index contributed by atoms with van der Waals surface area (Å²) in [5.74, 6) is 0.0374. The first-order valence-corrected chi connectivity index (χ1v) is 11.0. The molecule has 1 aliphatic heterocycles. The van der Waals surface area contributed by atoms with Gasteiger partial charge in [0.15, 0.2) is 5.69 Å². The fourth-order valence-corrected chi connectivity index (χ4v) is 4.40. The zero-order valence-corrected chi connectivity index (χ0v) is 18.6. The van der Waals surface area contributed by atoms with Crippen molar-refractivity contribution in [2.45, 2.75) is 44.8 Å². The summed E-state index contributed by atoms with van der Waals surface area (Å²) in [6, 6.07) is 7.17. The lowest BCUT2D eigenvalue weighted by Crippen LogP contribution is -2.48. The number of amides is 1. The van der Waals surface area contributed by atoms with E-state index in [-0.39, 0.29) is 17.9 Å². The number of alkyl halides is 3. The molecule has 1 fully saturated rings. The summed E-state index contributed by atoms with van der Waals surface area (Å²) in [5, 5.41) is 15.7. The van der Waals surface area contributed by atoms with Crippen molar-refractivity contribution in [3.63, 3.8) is 0 Å². The molecule has 4 rings (SSSR count). The van der Waals surface area contributed by atoms with Gasteiger partial charge in [0.2, 0.25) is 0 Å². The standard InChI is InChI=1S/C22H22ClF3N6O/c1-14-3-2-12-31(18(14)8-5-16-6-9-20(30-29-16)22(24,25)26)21(33)17-13-15(23)4-7-19(17)32-27-10-11-28-32/h4,6-7,9-11,13-14,18H,2-3,5,8,12H2,1H3/t14-,18-/m1/s1. The fraction of sp³-hybridized carbons (Fsp3) is 0.409. The van der Waals surface area contributed by atoms with E-state index in [0.29, 0.717) is 41.4 Å². The molecule has 3 heterocycles. The Balaban J connectivity index is 1.55. The van der Waals surface area contributed by atoms with Crippen LogP contribution in [-0.2, 0) is 12.6 Å². The summed E-state index contributed by atoms with van der Waals surface area (Å²) in [4.78, 5) is 16.8. The average molecular weight is 479 g/mol. The molecule has 0 aliphatic carbocycles. The van der Waals surface area contributed by atoms with E-state index in [0.717, 1.165) is 18.9 Å². The number of piperidine rings is 1. The minimum Gasteiger partial charge on any atom is -0.335 e. The monoisotopic (exact) mass is 478 g/mol. The summed E-state index contributed by atoms with van der Waals surface area (Å²) in [6.07, 6.45) is 1.32. The topological polar surface area (TPSA) is 76.8 Å². The predicted octanol–water partition coefficient (Wildman–Crippen LogP) is 4.60. The van der Waals surface area contributed by atoms with Crippen LogP contribution >= 0.6 is 11.6 Å². The van der Waals surface area contributed by atoms with Gasteiger partial charge in [0.1, 0.15) is 0 Å². The molecule has 2 atom stereocenters. The van der Waals surface area contributed by atoms with Gasteiger partial charge in [-0.05, 0) is 61.9 Å². The molecule has 33 heavy (non-hydrogen) atoms. The molecule has 1 amide bonds. The maximum Gasteiger partial charge on any atom is 0.435 e. The van der Waals surface area contributed by atoms with Gasteiger partial charge in [-0.25, -0.2) is 0 Å². The molecule has 1 saturated heterocycles. The highest BCUT2D eigenvalue weighted by atomic mass is 35.5. The second-order valence-corrected chi connectivity index (χ2v) is 8.55. The average Bonchev–Trinajstić information content (AvgIpc) is 3.32. The van der Waals surface area contributed by atoms with Crippen LogP contribution in [-0.4, -0.2) is 48.6 Å². The molecule has 0 saturated carbocycles. The number of likely N-dealkylation sites (tertiary alicyclic amines) is 1. The van der Waals surface area contributed by atoms with E-state index in [1.165, 1.54) is 23.3 Å². The SMILES string of the molecule is C[C@@H]1CCCN(C(=O)c2cc(Cl)ccc2-n2nccn2)[C@@H]1CCc1ccc(C(F)(F)F)nn1. The zero-order valence-electron chi connectivity index (χ0n) is 17.8. The zero-order chi connectivity index (χ0) is 23.6. The molecule has 3 aromatic rings. The van der Waals surface area contributed by atoms with Crippen molar-refractivity contribution < 1.29 is 18.0 Å². The number of nitrogens with zero attached hydrogens (tertiary/aromatic N) is 6. The smallest absolute Gasteiger partial charge is 0.335 e. The Morgan fingerprint density at radius 1 is 1.15 bits per heavy atom. The van der Waals surface area contributed by atoms with Crippen molar-refractivity contribution in [1.29, 1.82) is 0 Å². The molecule has 0 radical (unpaired) electrons. The van der Waals surface area contributed by atoms with Gasteiger partial charge in [0.25, 0.3) is 5.91 Å². The molecule has 11 heteroatoms. The number of carbonyl (C=O) groups excluding carboxylic acids is 1. The number of aromatic nitrogens is 5. The fourth-order valence-electron chi connectivity index (χ4n) is 4.23. The minimum absolute atomic E-state index is 0.104. The highest BCUT2D eigenvalue weighted by molar-refractivity contribution is 6.31. The molecule has 0 spiro atoms. The molecule has 0 bridgehead atoms. The van der Waals surface area contributed by atoms with Gasteiger partial charge in [-0.15, -0.1) is 5.10 Å². The highest BCUT2D eigenvalue weighted by Crippen LogP contribution is 2.31. The van der Waals surface area contributed by atoms with Gasteiger partial charge in [-0.1, -0.05) is 18.5 Å². The lowest BCUT2D eigenvalue weighted by atomic mass is 9.87. The van der Waals surface area contributed by atoms with Crippen LogP contribution in [0, 0.1) is 5.92 Å². The second kappa shape index (κ2) is 9.46. The van der Waals surface area contributed by atoms with E-state index in [9.17, 15) is 18.0 Å². The largest absolute Gasteiger partial charge is 0.435 e. The Kier molecular flexibility index (Phi) is 6.64. The third-order valence-corrected chi connectivity index (χ3v) is 6.14. The first kappa shape index (κ1) is 23.2. The first-order valence-electron chi connectivity index (χ1n) is 10.6. The van der Waals surface area contributed by atoms with Crippen molar-refractivity contribution in [2.24, 2.45) is 5.92 Å². The highest BCUT2D eigenvalue weighted by Gasteiger charge is 2.35. The Morgan fingerprint density at radius 2 is 1.91 bits per heavy atom. The van der Waals surface area contributed by atoms with Crippen LogP contribution in [0.15, 0.2) is 42.7 Å². The van der Waals surface area contributed by atoms with Crippen molar-refractivity contribution in [1.82, 2.24) is 30.1 Å². The molecule has 0 unspecified atom stereocenters. The third-order valence-electron chi connectivity index (χ3n) is 5.91. The maximum atomic E-state index is 13.6. The summed E-state index contributed by atoms with van der Waals surface area (Å²) in [5.41, 5.74) is 0.360. The first-order chi connectivity index (χ1) is 15.7. The van der Waals surface area contributed by atoms with Crippen LogP contribution in [0.3, 0.4) is 0 Å². The predicted molar refractivity (Wildman–Crippen MR) is 115 cm³/mol. The summed E-state index contributed by atoms with van der Waals surface area (Å²) < 4.78 is 38.2. The van der Waals surface area contributed by atoms with Crippen LogP contribution in [0.1, 0.15) is 47.9 Å². The number of rotatable bonds is 5. The van der Waals surface area contributed by atoms with Crippen LogP contribution in [0.25, 0.3) is 5.69 Å². The number of carbonyl (C=O) groups is 1. The van der Waals surface area contributed by atoms with Crippen LogP contribution in [0.2, 0.25) is 5.02 Å². The van der Waals surface area contributed by atoms with Gasteiger partial charge in [-0.2, -0.15) is 33.3 Å². The van der Waals surface area contributed by atoms with Crippen LogP contribution in [0.5, 0.6) is 0 Å². The van der Waals surface area contributed by atoms with Crippen molar-refractivity contribution in [2.75, 3.05) is 6.54 Å². The quantitative estimate of drug-likeness (QED) is 0.535. The van der Waals surface area contributed by atoms with Gasteiger partial charge >= 0.3 is 6.18 Å². The molecule has 174 valence electrons. The number of halogens is 4. The number of hydrogen-bond acceptors (Lipinski definition) is 5. The molecule has 1 aliphatic rings. The Labute approximate surface area is 193 Å². The molecule has 2 aromatic heterocycles. The van der Waals surface area contributed by atoms with Gasteiger partial charge in [0.05, 0.1) is 29.3 Å². The summed E-state index contributed by atoms with van der Waals surface area (Å²) in [7, 11) is 0. The number of benzene rings is 1. The van der Waals surface area contributed by atoms with Crippen LogP contribution < -0.4 is 0 Å². The van der Waals surface area contributed by atoms with Crippen molar-refractivity contribution >= 4 is 17.5 Å². The number of aryl methyl sites for hydroxylation is 1. The maximum absolute atomic E-state index is 13.6. The van der Waals surface area contributed by atoms with Gasteiger partial charge < -0.3 is 4.90 Å². The molecular weight excluding hydrogens is 457 g/mol. The van der Waals surface area contributed by atoms with E-state index < -0.39 is 11.9 Å². The Hall–Kier alpha value is -3.01. The summed E-state index contributed by atoms with van der Waals surface area (Å²) >= 11 is 6.20. The number of hydrogen-bond donors (Lipinski definition) is 0. The Morgan fingerprint density at radius 3 is 2.58 bits per heavy atom. The van der Waals surface area contributed by atoms with Crippen LogP contribution in [0.4, 0.5) is 13.2 Å². The normalized spacial score (nSPS) is 19.0. The molecule has 0 N–H and O–H groups in total. The second-order valence-electron chi connectivity index (χ2n) is 8.11. The lowest BCUT2D eigenvalue weighted by molar-refractivity contribution is -0.141. The molecule has 1 aromatic carbocycles. The van der Waals surface area contributed by atoms with E-state index in [1.54, 1.807) is 18.2 Å². The van der Waals surface area contributed by atoms with Crippen molar-refractivity contribution in [3.05, 3.63) is 64.7 Å². The van der Waals surface area contributed by atoms with E-state index in [2.05, 4.69) is 27.3 Å².